The Hall–Kier alpha value is -3.75. The molecule has 2 unspecified atom stereocenters. The van der Waals surface area contributed by atoms with Crippen LogP contribution in [0, 0.1) is 11.8 Å². The minimum Gasteiger partial charge on any atom is -0.394 e. The smallest absolute Gasteiger partial charge is 0.249 e. The molecule has 2 saturated heterocycles. The summed E-state index contributed by atoms with van der Waals surface area (Å²) in [6.45, 7) is 6.79. The molecule has 3 amide bonds. The molecular weight excluding hydrogens is 542 g/mol. The number of benzene rings is 2. The van der Waals surface area contributed by atoms with E-state index in [1.165, 1.54) is 4.90 Å². The van der Waals surface area contributed by atoms with Gasteiger partial charge in [-0.2, -0.15) is 0 Å². The minimum atomic E-state index is -1.37. The summed E-state index contributed by atoms with van der Waals surface area (Å²) in [5.74, 6) is -2.51. The third-order valence-electron chi connectivity index (χ3n) is 9.76. The van der Waals surface area contributed by atoms with Gasteiger partial charge in [0.05, 0.1) is 30.1 Å². The molecule has 0 bridgehead atoms. The van der Waals surface area contributed by atoms with Gasteiger partial charge in [0, 0.05) is 25.7 Å². The van der Waals surface area contributed by atoms with Gasteiger partial charge in [-0.3, -0.25) is 14.4 Å². The van der Waals surface area contributed by atoms with Crippen molar-refractivity contribution < 1.29 is 24.2 Å². The van der Waals surface area contributed by atoms with E-state index in [1.54, 1.807) is 4.90 Å². The van der Waals surface area contributed by atoms with E-state index in [0.29, 0.717) is 19.6 Å². The maximum atomic E-state index is 14.8. The Labute approximate surface area is 253 Å². The first kappa shape index (κ1) is 29.3. The molecule has 0 aliphatic carbocycles. The van der Waals surface area contributed by atoms with Crippen molar-refractivity contribution in [2.45, 2.75) is 69.5 Å². The first-order valence-corrected chi connectivity index (χ1v) is 15.4. The molecule has 2 fully saturated rings. The van der Waals surface area contributed by atoms with Gasteiger partial charge in [0.2, 0.25) is 17.7 Å². The Morgan fingerprint density at radius 1 is 0.907 bits per heavy atom. The van der Waals surface area contributed by atoms with E-state index in [-0.39, 0.29) is 30.4 Å². The van der Waals surface area contributed by atoms with Crippen molar-refractivity contribution in [3.05, 3.63) is 96.1 Å². The summed E-state index contributed by atoms with van der Waals surface area (Å²) in [7, 11) is 0. The lowest BCUT2D eigenvalue weighted by Crippen LogP contribution is -2.58. The van der Waals surface area contributed by atoms with Gasteiger partial charge < -0.3 is 24.5 Å². The van der Waals surface area contributed by atoms with Crippen molar-refractivity contribution in [1.82, 2.24) is 14.7 Å². The summed E-state index contributed by atoms with van der Waals surface area (Å²) in [5, 5.41) is 10.7. The molecule has 43 heavy (non-hydrogen) atoms. The number of nitrogens with zero attached hydrogens (tertiary/aromatic N) is 3. The van der Waals surface area contributed by atoms with Crippen LogP contribution < -0.4 is 0 Å². The van der Waals surface area contributed by atoms with Crippen LogP contribution in [0.2, 0.25) is 0 Å². The molecule has 0 radical (unpaired) electrons. The van der Waals surface area contributed by atoms with Gasteiger partial charge in [-0.1, -0.05) is 98.3 Å². The highest BCUT2D eigenvalue weighted by molar-refractivity contribution is 6.00. The molecule has 4 aliphatic rings. The number of hydrogen-bond donors (Lipinski definition) is 1. The summed E-state index contributed by atoms with van der Waals surface area (Å²) in [5.41, 5.74) is -0.744. The van der Waals surface area contributed by atoms with Crippen LogP contribution in [-0.2, 0) is 25.7 Å². The van der Waals surface area contributed by atoms with E-state index >= 15 is 0 Å². The van der Waals surface area contributed by atoms with Crippen LogP contribution >= 0.6 is 0 Å². The number of ether oxygens (including phenoxy) is 1. The second-order valence-electron chi connectivity index (χ2n) is 12.5. The van der Waals surface area contributed by atoms with Crippen molar-refractivity contribution in [2.24, 2.45) is 11.8 Å². The number of fused-ring (bicyclic) bond motifs is 2. The molecule has 0 aromatic heterocycles. The number of likely N-dealkylation sites (tertiary alicyclic amines) is 1. The number of aliphatic hydroxyl groups excluding tert-OH is 1. The standard InChI is InChI=1S/C35H41N3O5/c1-4-13-24(2)37-21-12-19-35-29(32(41)38(30(35)33(37)42)27(23-39)26-16-9-6-10-17-26)28-31(40)36(20-11-18-34(28,3)43-35)22-25-14-7-5-8-15-25/h5-12,14-19,24,27-30,39H,4,13,20-23H2,1-3H3/t24?,27-,28-,29+,30?,34+,35+/m1/s1. The van der Waals surface area contributed by atoms with Crippen molar-refractivity contribution >= 4 is 17.7 Å². The lowest BCUT2D eigenvalue weighted by atomic mass is 9.74. The highest BCUT2D eigenvalue weighted by atomic mass is 16.5. The fourth-order valence-electron chi connectivity index (χ4n) is 7.81. The summed E-state index contributed by atoms with van der Waals surface area (Å²) in [4.78, 5) is 49.1. The van der Waals surface area contributed by atoms with Crippen LogP contribution in [0.25, 0.3) is 0 Å². The van der Waals surface area contributed by atoms with E-state index in [2.05, 4.69) is 6.92 Å². The molecule has 0 saturated carbocycles. The van der Waals surface area contributed by atoms with Gasteiger partial charge in [0.15, 0.2) is 0 Å². The lowest BCUT2D eigenvalue weighted by Gasteiger charge is -2.41. The van der Waals surface area contributed by atoms with Crippen LogP contribution in [0.3, 0.4) is 0 Å². The fourth-order valence-corrected chi connectivity index (χ4v) is 7.81. The third kappa shape index (κ3) is 4.71. The molecule has 1 N–H and O–H groups in total. The molecule has 1 spiro atoms. The summed E-state index contributed by atoms with van der Waals surface area (Å²) in [6, 6.07) is 17.2. The summed E-state index contributed by atoms with van der Waals surface area (Å²) < 4.78 is 6.97. The SMILES string of the molecule is CCCC(C)N1CC=C[C@]23O[C@@]4(C)C=CCN(Cc5ccccc5)C(=O)[C@H]4[C@H]2C(=O)N([C@H](CO)c2ccccc2)C3C1=O. The largest absolute Gasteiger partial charge is 0.394 e. The van der Waals surface area contributed by atoms with E-state index in [1.807, 2.05) is 104 Å². The third-order valence-corrected chi connectivity index (χ3v) is 9.76. The second-order valence-corrected chi connectivity index (χ2v) is 12.5. The van der Waals surface area contributed by atoms with E-state index < -0.39 is 35.1 Å². The second kappa shape index (κ2) is 11.4. The predicted molar refractivity (Wildman–Crippen MR) is 162 cm³/mol. The van der Waals surface area contributed by atoms with Gasteiger partial charge in [-0.25, -0.2) is 0 Å². The number of carbonyl (C=O) groups is 3. The number of carbonyl (C=O) groups excluding carboxylic acids is 3. The molecular formula is C35H41N3O5. The minimum absolute atomic E-state index is 0.0528. The molecule has 2 aromatic rings. The molecule has 2 aromatic carbocycles. The van der Waals surface area contributed by atoms with Gasteiger partial charge in [0.25, 0.3) is 0 Å². The van der Waals surface area contributed by atoms with Gasteiger partial charge in [-0.05, 0) is 31.4 Å². The molecule has 226 valence electrons. The zero-order chi connectivity index (χ0) is 30.4. The van der Waals surface area contributed by atoms with Crippen LogP contribution in [0.4, 0.5) is 0 Å². The average Bonchev–Trinajstić information content (AvgIpc) is 3.27. The van der Waals surface area contributed by atoms with E-state index in [4.69, 9.17) is 4.74 Å². The summed E-state index contributed by atoms with van der Waals surface area (Å²) >= 11 is 0. The Bertz CT molecular complexity index is 1430. The maximum absolute atomic E-state index is 14.8. The highest BCUT2D eigenvalue weighted by Gasteiger charge is 2.75. The summed E-state index contributed by atoms with van der Waals surface area (Å²) in [6.07, 6.45) is 9.37. The van der Waals surface area contributed by atoms with Crippen LogP contribution in [0.1, 0.15) is 50.8 Å². The Morgan fingerprint density at radius 3 is 2.26 bits per heavy atom. The van der Waals surface area contributed by atoms with Crippen LogP contribution in [0.15, 0.2) is 85.0 Å². The number of hydrogen-bond acceptors (Lipinski definition) is 5. The molecule has 8 heteroatoms. The first-order valence-electron chi connectivity index (χ1n) is 15.4. The van der Waals surface area contributed by atoms with Crippen molar-refractivity contribution in [3.8, 4) is 0 Å². The molecule has 4 heterocycles. The Morgan fingerprint density at radius 2 is 1.58 bits per heavy atom. The number of rotatable bonds is 8. The van der Waals surface area contributed by atoms with Crippen LogP contribution in [0.5, 0.6) is 0 Å². The Balaban J connectivity index is 1.48. The normalized spacial score (nSPS) is 31.4. The lowest BCUT2D eigenvalue weighted by molar-refractivity contribution is -0.157. The quantitative estimate of drug-likeness (QED) is 0.477. The molecule has 7 atom stereocenters. The maximum Gasteiger partial charge on any atom is 0.249 e. The van der Waals surface area contributed by atoms with E-state index in [0.717, 1.165) is 24.0 Å². The van der Waals surface area contributed by atoms with E-state index in [9.17, 15) is 19.5 Å². The predicted octanol–water partition coefficient (Wildman–Crippen LogP) is 3.88. The molecule has 8 nitrogen and oxygen atoms in total. The molecule has 4 aliphatic heterocycles. The number of aliphatic hydroxyl groups is 1. The van der Waals surface area contributed by atoms with Crippen molar-refractivity contribution in [2.75, 3.05) is 19.7 Å². The van der Waals surface area contributed by atoms with Gasteiger partial charge in [0.1, 0.15) is 11.6 Å². The Kier molecular flexibility index (Phi) is 7.77. The zero-order valence-electron chi connectivity index (χ0n) is 25.1. The first-order chi connectivity index (χ1) is 20.8. The highest BCUT2D eigenvalue weighted by Crippen LogP contribution is 2.58. The van der Waals surface area contributed by atoms with Gasteiger partial charge >= 0.3 is 0 Å². The van der Waals surface area contributed by atoms with Crippen molar-refractivity contribution in [3.63, 3.8) is 0 Å². The monoisotopic (exact) mass is 583 g/mol. The fraction of sp³-hybridized carbons (Fsp3) is 0.457. The number of amides is 3. The zero-order valence-corrected chi connectivity index (χ0v) is 25.1. The topological polar surface area (TPSA) is 90.4 Å². The van der Waals surface area contributed by atoms with Crippen LogP contribution in [-0.4, -0.2) is 80.5 Å². The van der Waals surface area contributed by atoms with Crippen molar-refractivity contribution in [1.29, 1.82) is 0 Å². The van der Waals surface area contributed by atoms with Gasteiger partial charge in [-0.15, -0.1) is 0 Å². The average molecular weight is 584 g/mol. The molecule has 6 rings (SSSR count).